The lowest BCUT2D eigenvalue weighted by atomic mass is 10.3. The van der Waals surface area contributed by atoms with Crippen LogP contribution >= 0.6 is 0 Å². The van der Waals surface area contributed by atoms with Crippen molar-refractivity contribution >= 4 is 5.97 Å². The molecule has 0 saturated heterocycles. The number of hydrogen-bond donors (Lipinski definition) is 0. The van der Waals surface area contributed by atoms with Crippen molar-refractivity contribution in [3.63, 3.8) is 0 Å². The van der Waals surface area contributed by atoms with Crippen molar-refractivity contribution in [1.29, 1.82) is 0 Å². The number of esters is 1. The highest BCUT2D eigenvalue weighted by Crippen LogP contribution is 2.35. The van der Waals surface area contributed by atoms with Gasteiger partial charge in [-0.15, -0.1) is 0 Å². The molecule has 0 N–H and O–H groups in total. The molecule has 4 nitrogen and oxygen atoms in total. The summed E-state index contributed by atoms with van der Waals surface area (Å²) in [6.07, 6.45) is 1.90. The molecule has 3 rings (SSSR count). The zero-order chi connectivity index (χ0) is 11.0. The van der Waals surface area contributed by atoms with Crippen molar-refractivity contribution in [3.8, 4) is 17.2 Å². The summed E-state index contributed by atoms with van der Waals surface area (Å²) in [5.74, 6) is 1.84. The Morgan fingerprint density at radius 3 is 2.69 bits per heavy atom. The molecular weight excluding hydrogens is 208 g/mol. The van der Waals surface area contributed by atoms with Gasteiger partial charge in [-0.1, -0.05) is 0 Å². The van der Waals surface area contributed by atoms with Crippen LogP contribution in [0.15, 0.2) is 18.2 Å². The van der Waals surface area contributed by atoms with Gasteiger partial charge in [0.05, 0.1) is 5.92 Å². The van der Waals surface area contributed by atoms with E-state index in [1.807, 2.05) is 0 Å². The third-order valence-electron chi connectivity index (χ3n) is 2.64. The lowest BCUT2D eigenvalue weighted by molar-refractivity contribution is -0.135. The Hall–Kier alpha value is -1.71. The van der Waals surface area contributed by atoms with Gasteiger partial charge < -0.3 is 14.2 Å². The Bertz CT molecular complexity index is 423. The second kappa shape index (κ2) is 3.70. The molecule has 0 amide bonds. The molecule has 0 radical (unpaired) electrons. The topological polar surface area (TPSA) is 44.8 Å². The fourth-order valence-electron chi connectivity index (χ4n) is 1.61. The fourth-order valence-corrected chi connectivity index (χ4v) is 1.61. The molecule has 1 aromatic rings. The van der Waals surface area contributed by atoms with Gasteiger partial charge in [-0.3, -0.25) is 4.79 Å². The zero-order valence-corrected chi connectivity index (χ0v) is 8.77. The predicted molar refractivity (Wildman–Crippen MR) is 55.8 cm³/mol. The highest BCUT2D eigenvalue weighted by molar-refractivity contribution is 5.77. The van der Waals surface area contributed by atoms with Crippen molar-refractivity contribution < 1.29 is 19.0 Å². The van der Waals surface area contributed by atoms with Crippen molar-refractivity contribution in [3.05, 3.63) is 18.2 Å². The number of ether oxygens (including phenoxy) is 3. The van der Waals surface area contributed by atoms with Crippen LogP contribution in [-0.4, -0.2) is 19.2 Å². The van der Waals surface area contributed by atoms with Gasteiger partial charge in [0.1, 0.15) is 19.0 Å². The van der Waals surface area contributed by atoms with Crippen molar-refractivity contribution in [2.24, 2.45) is 5.92 Å². The molecule has 1 aliphatic carbocycles. The van der Waals surface area contributed by atoms with E-state index in [0.717, 1.165) is 12.8 Å². The van der Waals surface area contributed by atoms with Gasteiger partial charge in [0.15, 0.2) is 11.5 Å². The second-order valence-electron chi connectivity index (χ2n) is 4.00. The molecule has 1 saturated carbocycles. The largest absolute Gasteiger partial charge is 0.486 e. The molecule has 0 spiro atoms. The van der Waals surface area contributed by atoms with E-state index in [1.165, 1.54) is 0 Å². The third kappa shape index (κ3) is 1.83. The molecule has 0 atom stereocenters. The molecule has 0 bridgehead atoms. The molecule has 1 aromatic carbocycles. The van der Waals surface area contributed by atoms with Crippen LogP contribution < -0.4 is 14.2 Å². The van der Waals surface area contributed by atoms with Gasteiger partial charge in [0.25, 0.3) is 0 Å². The number of fused-ring (bicyclic) bond motifs is 1. The summed E-state index contributed by atoms with van der Waals surface area (Å²) >= 11 is 0. The first kappa shape index (κ1) is 9.51. The van der Waals surface area contributed by atoms with Crippen LogP contribution in [0.5, 0.6) is 17.2 Å². The van der Waals surface area contributed by atoms with Gasteiger partial charge in [-0.2, -0.15) is 0 Å². The Kier molecular flexibility index (Phi) is 2.20. The van der Waals surface area contributed by atoms with Gasteiger partial charge in [0.2, 0.25) is 0 Å². The van der Waals surface area contributed by atoms with E-state index in [9.17, 15) is 4.79 Å². The minimum atomic E-state index is -0.142. The molecule has 0 unspecified atom stereocenters. The van der Waals surface area contributed by atoms with Crippen molar-refractivity contribution in [1.82, 2.24) is 0 Å². The summed E-state index contributed by atoms with van der Waals surface area (Å²) < 4.78 is 16.0. The molecule has 2 aliphatic rings. The van der Waals surface area contributed by atoms with E-state index < -0.39 is 0 Å². The summed E-state index contributed by atoms with van der Waals surface area (Å²) in [5.41, 5.74) is 0. The number of carbonyl (C=O) groups excluding carboxylic acids is 1. The standard InChI is InChI=1S/C12H12O4/c13-12(8-1-2-8)16-9-3-4-10-11(7-9)15-6-5-14-10/h3-4,7-8H,1-2,5-6H2. The molecule has 4 heteroatoms. The van der Waals surface area contributed by atoms with E-state index in [2.05, 4.69) is 0 Å². The van der Waals surface area contributed by atoms with Crippen LogP contribution in [0.1, 0.15) is 12.8 Å². The monoisotopic (exact) mass is 220 g/mol. The summed E-state index contributed by atoms with van der Waals surface area (Å²) in [6, 6.07) is 5.20. The third-order valence-corrected chi connectivity index (χ3v) is 2.64. The number of hydrogen-bond acceptors (Lipinski definition) is 4. The highest BCUT2D eigenvalue weighted by Gasteiger charge is 2.31. The first-order valence-electron chi connectivity index (χ1n) is 5.44. The SMILES string of the molecule is O=C(Oc1ccc2c(c1)OCCO2)C1CC1. The minimum absolute atomic E-state index is 0.105. The first-order chi connectivity index (χ1) is 7.83. The summed E-state index contributed by atoms with van der Waals surface area (Å²) in [4.78, 5) is 11.4. The van der Waals surface area contributed by atoms with Crippen LogP contribution in [0, 0.1) is 5.92 Å². The van der Waals surface area contributed by atoms with Crippen molar-refractivity contribution in [2.45, 2.75) is 12.8 Å². The maximum atomic E-state index is 11.4. The Morgan fingerprint density at radius 1 is 1.19 bits per heavy atom. The smallest absolute Gasteiger partial charge is 0.314 e. The lowest BCUT2D eigenvalue weighted by Crippen LogP contribution is -2.15. The summed E-state index contributed by atoms with van der Waals surface area (Å²) in [6.45, 7) is 1.10. The molecule has 16 heavy (non-hydrogen) atoms. The van der Waals surface area contributed by atoms with E-state index in [0.29, 0.717) is 30.5 Å². The van der Waals surface area contributed by atoms with Crippen LogP contribution in [0.4, 0.5) is 0 Å². The average molecular weight is 220 g/mol. The molecule has 1 heterocycles. The number of carbonyl (C=O) groups is 1. The van der Waals surface area contributed by atoms with Gasteiger partial charge in [-0.25, -0.2) is 0 Å². The predicted octanol–water partition coefficient (Wildman–Crippen LogP) is 1.77. The van der Waals surface area contributed by atoms with Crippen LogP contribution in [-0.2, 0) is 4.79 Å². The second-order valence-corrected chi connectivity index (χ2v) is 4.00. The van der Waals surface area contributed by atoms with Crippen molar-refractivity contribution in [2.75, 3.05) is 13.2 Å². The number of benzene rings is 1. The Labute approximate surface area is 93.1 Å². The Morgan fingerprint density at radius 2 is 1.94 bits per heavy atom. The van der Waals surface area contributed by atoms with Gasteiger partial charge in [-0.05, 0) is 25.0 Å². The summed E-state index contributed by atoms with van der Waals surface area (Å²) in [5, 5.41) is 0. The zero-order valence-electron chi connectivity index (χ0n) is 8.77. The normalized spacial score (nSPS) is 18.0. The van der Waals surface area contributed by atoms with Gasteiger partial charge >= 0.3 is 5.97 Å². The first-order valence-corrected chi connectivity index (χ1v) is 5.44. The van der Waals surface area contributed by atoms with E-state index in [1.54, 1.807) is 18.2 Å². The number of rotatable bonds is 2. The van der Waals surface area contributed by atoms with Crippen LogP contribution in [0.2, 0.25) is 0 Å². The maximum Gasteiger partial charge on any atom is 0.314 e. The van der Waals surface area contributed by atoms with Gasteiger partial charge in [0, 0.05) is 6.07 Å². The maximum absolute atomic E-state index is 11.4. The Balaban J connectivity index is 1.77. The van der Waals surface area contributed by atoms with E-state index in [4.69, 9.17) is 14.2 Å². The lowest BCUT2D eigenvalue weighted by Gasteiger charge is -2.18. The molecular formula is C12H12O4. The highest BCUT2D eigenvalue weighted by atomic mass is 16.6. The molecule has 84 valence electrons. The molecule has 1 aliphatic heterocycles. The summed E-state index contributed by atoms with van der Waals surface area (Å²) in [7, 11) is 0. The quantitative estimate of drug-likeness (QED) is 0.563. The fraction of sp³-hybridized carbons (Fsp3) is 0.417. The van der Waals surface area contributed by atoms with Crippen LogP contribution in [0.3, 0.4) is 0 Å². The van der Waals surface area contributed by atoms with E-state index >= 15 is 0 Å². The molecule has 1 fully saturated rings. The molecule has 0 aromatic heterocycles. The average Bonchev–Trinajstić information content (AvgIpc) is 3.12. The van der Waals surface area contributed by atoms with Crippen LogP contribution in [0.25, 0.3) is 0 Å². The minimum Gasteiger partial charge on any atom is -0.486 e. The van der Waals surface area contributed by atoms with E-state index in [-0.39, 0.29) is 11.9 Å².